The first-order valence-corrected chi connectivity index (χ1v) is 41.6. The molecule has 8 aromatic rings. The molecule has 33 heteroatoms. The summed E-state index contributed by atoms with van der Waals surface area (Å²) in [6.07, 6.45) is 16.6. The number of pyridine rings is 2. The van der Waals surface area contributed by atoms with Crippen LogP contribution < -0.4 is 31.9 Å². The molecule has 638 valence electrons. The average Bonchev–Trinajstić information content (AvgIpc) is 1.78. The number of nitrogens with zero attached hydrogens (tertiary/aromatic N) is 14. The zero-order chi connectivity index (χ0) is 86.1. The van der Waals surface area contributed by atoms with Crippen molar-refractivity contribution < 1.29 is 61.2 Å². The van der Waals surface area contributed by atoms with E-state index in [1.165, 1.54) is 46.5 Å². The zero-order valence-corrected chi connectivity index (χ0v) is 70.4. The molecule has 11 heterocycles. The summed E-state index contributed by atoms with van der Waals surface area (Å²) in [6, 6.07) is 26.6. The Labute approximate surface area is 702 Å². The van der Waals surface area contributed by atoms with Crippen molar-refractivity contribution >= 4 is 127 Å². The number of benzene rings is 3. The van der Waals surface area contributed by atoms with E-state index in [1.54, 1.807) is 55.0 Å². The largest absolute Gasteiger partial charge is 0.461 e. The van der Waals surface area contributed by atoms with E-state index in [1.807, 2.05) is 116 Å². The van der Waals surface area contributed by atoms with E-state index in [9.17, 15) is 53.2 Å². The number of guanidine groups is 3. The van der Waals surface area contributed by atoms with E-state index in [2.05, 4.69) is 53.8 Å². The van der Waals surface area contributed by atoms with Crippen molar-refractivity contribution in [2.75, 3.05) is 103 Å². The molecule has 3 aromatic carbocycles. The van der Waals surface area contributed by atoms with Crippen LogP contribution in [0, 0.1) is 32.2 Å². The Morgan fingerprint density at radius 1 is 0.430 bits per heavy atom. The number of aromatic nitrogens is 2. The number of aryl methyl sites for hydroxylation is 3. The van der Waals surface area contributed by atoms with Crippen LogP contribution in [0.4, 0.5) is 17.1 Å². The second-order valence-corrected chi connectivity index (χ2v) is 32.1. The second kappa shape index (κ2) is 40.2. The molecule has 0 aliphatic carbocycles. The van der Waals surface area contributed by atoms with E-state index < -0.39 is 29.9 Å². The number of fused-ring (bicyclic) bond motifs is 3. The van der Waals surface area contributed by atoms with Crippen molar-refractivity contribution in [2.45, 2.75) is 174 Å². The molecule has 0 radical (unpaired) electrons. The van der Waals surface area contributed by atoms with Gasteiger partial charge >= 0.3 is 0 Å². The van der Waals surface area contributed by atoms with E-state index >= 15 is 0 Å². The summed E-state index contributed by atoms with van der Waals surface area (Å²) in [7, 11) is 6.50. The van der Waals surface area contributed by atoms with Gasteiger partial charge in [0, 0.05) is 131 Å². The Morgan fingerprint density at radius 2 is 0.752 bits per heavy atom. The van der Waals surface area contributed by atoms with E-state index in [0.29, 0.717) is 63.4 Å². The number of amides is 10. The molecule has 6 aliphatic heterocycles. The van der Waals surface area contributed by atoms with Crippen LogP contribution in [0.25, 0.3) is 32.9 Å². The monoisotopic (exact) mass is 1650 g/mol. The molecule has 0 saturated carbocycles. The van der Waals surface area contributed by atoms with Crippen molar-refractivity contribution in [3.05, 3.63) is 149 Å². The van der Waals surface area contributed by atoms with Crippen LogP contribution in [0.5, 0.6) is 0 Å². The second-order valence-electron chi connectivity index (χ2n) is 32.1. The molecule has 6 atom stereocenters. The molecular weight excluding hydrogens is 1550 g/mol. The lowest BCUT2D eigenvalue weighted by molar-refractivity contribution is -0.141. The van der Waals surface area contributed by atoms with Crippen molar-refractivity contribution in [3.8, 4) is 6.19 Å². The highest BCUT2D eigenvalue weighted by Gasteiger charge is 2.37. The van der Waals surface area contributed by atoms with Crippen LogP contribution in [0.2, 0.25) is 0 Å². The quantitative estimate of drug-likeness (QED) is 0.0227. The van der Waals surface area contributed by atoms with Gasteiger partial charge in [-0.3, -0.25) is 73.9 Å². The number of carbonyl (C=O) groups excluding carboxylic acids is 10. The maximum absolute atomic E-state index is 13.7. The fourth-order valence-electron chi connectivity index (χ4n) is 15.9. The molecule has 121 heavy (non-hydrogen) atoms. The van der Waals surface area contributed by atoms with Crippen molar-refractivity contribution in [3.63, 3.8) is 0 Å². The molecule has 0 spiro atoms. The van der Waals surface area contributed by atoms with Gasteiger partial charge in [0.25, 0.3) is 23.6 Å². The summed E-state index contributed by atoms with van der Waals surface area (Å²) in [5, 5.41) is 29.5. The summed E-state index contributed by atoms with van der Waals surface area (Å²) in [6.45, 7) is 15.5. The minimum absolute atomic E-state index is 0.00446. The van der Waals surface area contributed by atoms with Crippen LogP contribution in [-0.4, -0.2) is 249 Å². The van der Waals surface area contributed by atoms with E-state index in [4.69, 9.17) is 23.2 Å². The third-order valence-corrected chi connectivity index (χ3v) is 22.4. The van der Waals surface area contributed by atoms with Crippen LogP contribution in [0.15, 0.2) is 138 Å². The normalized spacial score (nSPS) is 19.9. The summed E-state index contributed by atoms with van der Waals surface area (Å²) >= 11 is 0. The highest BCUT2D eigenvalue weighted by Crippen LogP contribution is 2.29. The topological polar surface area (TPSA) is 395 Å². The standard InChI is InChI=1S/2C32H39N7O5.C24H30N6O3/c2*1-20-8-7-15-39(20)28(40)19-38-14-6-5-9-26(31(38)43)35-32(34-24-11-13-27-23(17-24)16-21(2)44-27)36-29(41)22-10-12-25(33-18-22)30(42)37(3)4;1-16-6-5-11-30(16)22(31)14-29-10-4-3-7-20(23(29)32)28-24(26-15-25)27-19-8-9-21-18(13-19)12-17(2)33-21/h2*10-13,16-18,20,26H,5-9,14-15,19H2,1-4H3,(H2,34,35,36,41);8-9,12-13,16,20H,3-7,10-11,14H2,1-2H3,(H2,26,27,28). The lowest BCUT2D eigenvalue weighted by Gasteiger charge is -2.27. The van der Waals surface area contributed by atoms with Gasteiger partial charge < -0.3 is 68.4 Å². The first kappa shape index (κ1) is 87.3. The highest BCUT2D eigenvalue weighted by molar-refractivity contribution is 6.12. The molecule has 0 bridgehead atoms. The third kappa shape index (κ3) is 22.7. The van der Waals surface area contributed by atoms with Gasteiger partial charge in [-0.1, -0.05) is 0 Å². The number of nitrogens with one attached hydrogen (secondary N) is 6. The smallest absolute Gasteiger partial charge is 0.271 e. The first-order valence-electron chi connectivity index (χ1n) is 41.6. The summed E-state index contributed by atoms with van der Waals surface area (Å²) < 4.78 is 17.0. The van der Waals surface area contributed by atoms with Crippen LogP contribution >= 0.6 is 0 Å². The lowest BCUT2D eigenvalue weighted by atomic mass is 10.1. The Bertz CT molecular complexity index is 5040. The molecule has 6 N–H and O–H groups in total. The molecule has 6 saturated heterocycles. The SMILES string of the molecule is Cc1cc2cc(NC(=NC3CCCCN(CC(=O)N4CCCC4C)C3=O)NC#N)ccc2o1.Cc1cc2cc(NC(=NC3CCCCN(CC(=O)N4CCCC4C)C3=O)NC(=O)c3ccc(C(=O)N(C)C)nc3)ccc2o1.Cc1cc2cc(NC(=NC3CCCCN(CC(=O)N4CCCC4C)C3=O)NC(=O)c3ccc(C(=O)N(C)C)nc3)ccc2o1. The Balaban J connectivity index is 0.000000168. The highest BCUT2D eigenvalue weighted by atomic mass is 16.3. The number of hydrogen-bond donors (Lipinski definition) is 6. The van der Waals surface area contributed by atoms with Crippen LogP contribution in [0.3, 0.4) is 0 Å². The fourth-order valence-corrected chi connectivity index (χ4v) is 15.9. The maximum Gasteiger partial charge on any atom is 0.271 e. The summed E-state index contributed by atoms with van der Waals surface area (Å²) in [4.78, 5) is 166. The predicted octanol–water partition coefficient (Wildman–Crippen LogP) is 9.83. The first-order chi connectivity index (χ1) is 58.1. The number of likely N-dealkylation sites (tertiary alicyclic amines) is 6. The van der Waals surface area contributed by atoms with Gasteiger partial charge in [0.15, 0.2) is 6.19 Å². The van der Waals surface area contributed by atoms with Gasteiger partial charge in [0.2, 0.25) is 53.3 Å². The average molecular weight is 1650 g/mol. The molecule has 6 fully saturated rings. The number of aliphatic imine (C=N–C) groups is 3. The molecule has 33 nitrogen and oxygen atoms in total. The van der Waals surface area contributed by atoms with Crippen molar-refractivity contribution in [1.82, 2.24) is 65.1 Å². The van der Waals surface area contributed by atoms with Gasteiger partial charge in [-0.15, -0.1) is 0 Å². The Kier molecular flexibility index (Phi) is 29.0. The number of furan rings is 3. The number of rotatable bonds is 16. The van der Waals surface area contributed by atoms with Gasteiger partial charge in [-0.25, -0.2) is 15.0 Å². The Hall–Kier alpha value is -13.0. The minimum atomic E-state index is -0.790. The number of carbonyl (C=O) groups is 10. The molecule has 6 unspecified atom stereocenters. The van der Waals surface area contributed by atoms with Crippen molar-refractivity contribution in [2.24, 2.45) is 15.0 Å². The van der Waals surface area contributed by atoms with Gasteiger partial charge in [0.05, 0.1) is 30.8 Å². The lowest BCUT2D eigenvalue weighted by Crippen LogP contribution is -2.47. The summed E-state index contributed by atoms with van der Waals surface area (Å²) in [5.41, 5.74) is 5.08. The minimum Gasteiger partial charge on any atom is -0.461 e. The maximum atomic E-state index is 13.7. The zero-order valence-electron chi connectivity index (χ0n) is 70.4. The third-order valence-electron chi connectivity index (χ3n) is 22.4. The van der Waals surface area contributed by atoms with Gasteiger partial charge in [0.1, 0.15) is 63.5 Å². The molecule has 10 amide bonds. The molecule has 5 aromatic heterocycles. The van der Waals surface area contributed by atoms with Crippen molar-refractivity contribution in [1.29, 1.82) is 5.26 Å². The molecule has 6 aliphatic rings. The van der Waals surface area contributed by atoms with Crippen LogP contribution in [-0.2, 0) is 28.8 Å². The summed E-state index contributed by atoms with van der Waals surface area (Å²) in [5.74, 6) is 0.385. The molecule has 14 rings (SSSR count). The molecular formula is C88H108N20O13. The van der Waals surface area contributed by atoms with Gasteiger partial charge in [-0.2, -0.15) is 5.26 Å². The number of hydrogen-bond acceptors (Lipinski definition) is 19. The van der Waals surface area contributed by atoms with Gasteiger partial charge in [-0.05, 0) is 235 Å². The number of nitriles is 1. The predicted molar refractivity (Wildman–Crippen MR) is 458 cm³/mol. The van der Waals surface area contributed by atoms with Crippen LogP contribution in [0.1, 0.15) is 176 Å². The Morgan fingerprint density at radius 3 is 1.04 bits per heavy atom. The van der Waals surface area contributed by atoms with E-state index in [0.717, 1.165) is 139 Å². The fraction of sp³-hybridized carbons (Fsp3) is 0.455. The number of anilines is 3. The van der Waals surface area contributed by atoms with E-state index in [-0.39, 0.29) is 125 Å².